The molecule has 0 aliphatic heterocycles. The van der Waals surface area contributed by atoms with Gasteiger partial charge in [0.2, 0.25) is 11.5 Å². The molecule has 0 heterocycles. The average molecular weight is 208 g/mol. The van der Waals surface area contributed by atoms with Crippen molar-refractivity contribution in [2.45, 2.75) is 25.7 Å². The molecular formula is C12H16O3. The fraction of sp³-hybridized carbons (Fsp3) is 0.583. The van der Waals surface area contributed by atoms with Crippen LogP contribution in [0, 0.1) is 5.41 Å². The van der Waals surface area contributed by atoms with E-state index in [1.54, 1.807) is 7.11 Å². The first-order valence-corrected chi connectivity index (χ1v) is 5.20. The van der Waals surface area contributed by atoms with E-state index >= 15 is 0 Å². The van der Waals surface area contributed by atoms with Crippen LogP contribution in [-0.2, 0) is 14.3 Å². The Morgan fingerprint density at radius 2 is 2.07 bits per heavy atom. The Labute approximate surface area is 89.8 Å². The second-order valence-corrected chi connectivity index (χ2v) is 4.21. The normalized spacial score (nSPS) is 30.5. The number of hydrogen-bond acceptors (Lipinski definition) is 3. The highest BCUT2D eigenvalue weighted by molar-refractivity contribution is 6.03. The van der Waals surface area contributed by atoms with Gasteiger partial charge in [-0.1, -0.05) is 12.2 Å². The number of Topliss-reactive ketones (excluding diaryl/α,β-unsaturated/α-hetero) is 1. The van der Waals surface area contributed by atoms with Crippen molar-refractivity contribution < 1.29 is 14.3 Å². The molecule has 0 saturated heterocycles. The van der Waals surface area contributed by atoms with Gasteiger partial charge < -0.3 is 9.47 Å². The molecule has 0 amide bonds. The molecule has 0 aromatic carbocycles. The van der Waals surface area contributed by atoms with Crippen LogP contribution in [0.25, 0.3) is 0 Å². The number of allylic oxidation sites excluding steroid dienone is 3. The molecule has 0 unspecified atom stereocenters. The molecule has 3 heteroatoms. The third kappa shape index (κ3) is 1.22. The molecule has 2 aliphatic carbocycles. The van der Waals surface area contributed by atoms with Crippen molar-refractivity contribution in [2.24, 2.45) is 5.41 Å². The van der Waals surface area contributed by atoms with Crippen LogP contribution in [0.15, 0.2) is 23.7 Å². The van der Waals surface area contributed by atoms with Gasteiger partial charge in [0, 0.05) is 6.42 Å². The predicted molar refractivity (Wildman–Crippen MR) is 56.1 cm³/mol. The lowest BCUT2D eigenvalue weighted by molar-refractivity contribution is -0.124. The van der Waals surface area contributed by atoms with E-state index in [1.165, 1.54) is 7.11 Å². The topological polar surface area (TPSA) is 35.5 Å². The third-order valence-electron chi connectivity index (χ3n) is 3.57. The maximum absolute atomic E-state index is 12.2. The van der Waals surface area contributed by atoms with Crippen molar-refractivity contribution in [3.63, 3.8) is 0 Å². The SMILES string of the molecule is C=C1CCC[C@@]12CC(OC)=C(OC)C2=O. The molecule has 3 nitrogen and oxygen atoms in total. The monoisotopic (exact) mass is 208 g/mol. The molecule has 1 saturated carbocycles. The third-order valence-corrected chi connectivity index (χ3v) is 3.57. The number of rotatable bonds is 2. The Kier molecular flexibility index (Phi) is 2.33. The first-order valence-electron chi connectivity index (χ1n) is 5.20. The van der Waals surface area contributed by atoms with E-state index < -0.39 is 5.41 Å². The lowest BCUT2D eigenvalue weighted by Crippen LogP contribution is -2.26. The highest BCUT2D eigenvalue weighted by Crippen LogP contribution is 2.53. The molecule has 2 aliphatic rings. The largest absolute Gasteiger partial charge is 0.497 e. The first kappa shape index (κ1) is 10.3. The predicted octanol–water partition coefficient (Wildman–Crippen LogP) is 2.19. The molecule has 1 fully saturated rings. The van der Waals surface area contributed by atoms with Crippen LogP contribution in [0.3, 0.4) is 0 Å². The van der Waals surface area contributed by atoms with Gasteiger partial charge in [-0.15, -0.1) is 0 Å². The summed E-state index contributed by atoms with van der Waals surface area (Å²) in [7, 11) is 3.10. The molecule has 1 spiro atoms. The zero-order valence-corrected chi connectivity index (χ0v) is 9.26. The van der Waals surface area contributed by atoms with Crippen molar-refractivity contribution >= 4 is 5.78 Å². The lowest BCUT2D eigenvalue weighted by atomic mass is 9.79. The van der Waals surface area contributed by atoms with Gasteiger partial charge in [0.15, 0.2) is 0 Å². The summed E-state index contributed by atoms with van der Waals surface area (Å²) < 4.78 is 10.3. The highest BCUT2D eigenvalue weighted by Gasteiger charge is 2.52. The van der Waals surface area contributed by atoms with Crippen LogP contribution in [0.5, 0.6) is 0 Å². The minimum Gasteiger partial charge on any atom is -0.497 e. The van der Waals surface area contributed by atoms with Crippen LogP contribution >= 0.6 is 0 Å². The van der Waals surface area contributed by atoms with E-state index in [0.717, 1.165) is 24.8 Å². The van der Waals surface area contributed by atoms with Gasteiger partial charge in [0.25, 0.3) is 0 Å². The zero-order valence-electron chi connectivity index (χ0n) is 9.26. The van der Waals surface area contributed by atoms with E-state index in [0.29, 0.717) is 17.9 Å². The smallest absolute Gasteiger partial charge is 0.211 e. The van der Waals surface area contributed by atoms with E-state index in [-0.39, 0.29) is 5.78 Å². The zero-order chi connectivity index (χ0) is 11.1. The Morgan fingerprint density at radius 1 is 1.33 bits per heavy atom. The molecule has 82 valence electrons. The van der Waals surface area contributed by atoms with E-state index in [1.807, 2.05) is 0 Å². The maximum Gasteiger partial charge on any atom is 0.211 e. The van der Waals surface area contributed by atoms with Crippen molar-refractivity contribution in [3.05, 3.63) is 23.7 Å². The summed E-state index contributed by atoms with van der Waals surface area (Å²) in [5.41, 5.74) is 0.630. The minimum atomic E-state index is -0.406. The van der Waals surface area contributed by atoms with E-state index in [2.05, 4.69) is 6.58 Å². The molecule has 1 atom stereocenters. The quantitative estimate of drug-likeness (QED) is 0.652. The Balaban J connectivity index is 2.37. The van der Waals surface area contributed by atoms with Gasteiger partial charge in [-0.25, -0.2) is 0 Å². The number of hydrogen-bond donors (Lipinski definition) is 0. The number of carbonyl (C=O) groups is 1. The molecule has 2 rings (SSSR count). The van der Waals surface area contributed by atoms with Crippen LogP contribution in [0.2, 0.25) is 0 Å². The highest BCUT2D eigenvalue weighted by atomic mass is 16.5. The van der Waals surface area contributed by atoms with Gasteiger partial charge in [-0.2, -0.15) is 0 Å². The molecule has 0 aromatic rings. The number of carbonyl (C=O) groups excluding carboxylic acids is 1. The minimum absolute atomic E-state index is 0.0596. The Morgan fingerprint density at radius 3 is 2.47 bits per heavy atom. The summed E-state index contributed by atoms with van der Waals surface area (Å²) in [6, 6.07) is 0. The molecule has 0 radical (unpaired) electrons. The first-order chi connectivity index (χ1) is 7.15. The number of ether oxygens (including phenoxy) is 2. The average Bonchev–Trinajstić information content (AvgIpc) is 2.72. The molecule has 15 heavy (non-hydrogen) atoms. The lowest BCUT2D eigenvalue weighted by Gasteiger charge is -2.22. The summed E-state index contributed by atoms with van der Waals surface area (Å²) in [6.07, 6.45) is 3.49. The van der Waals surface area contributed by atoms with Gasteiger partial charge in [0.1, 0.15) is 5.76 Å². The van der Waals surface area contributed by atoms with Gasteiger partial charge in [-0.05, 0) is 19.3 Å². The molecule has 0 aromatic heterocycles. The van der Waals surface area contributed by atoms with Crippen LogP contribution in [0.4, 0.5) is 0 Å². The second-order valence-electron chi connectivity index (χ2n) is 4.21. The van der Waals surface area contributed by atoms with Crippen LogP contribution in [-0.4, -0.2) is 20.0 Å². The maximum atomic E-state index is 12.2. The van der Waals surface area contributed by atoms with Crippen LogP contribution < -0.4 is 0 Å². The summed E-state index contributed by atoms with van der Waals surface area (Å²) >= 11 is 0. The number of methoxy groups -OCH3 is 2. The van der Waals surface area contributed by atoms with E-state index in [4.69, 9.17) is 9.47 Å². The molecule has 0 bridgehead atoms. The van der Waals surface area contributed by atoms with Gasteiger partial charge in [0.05, 0.1) is 19.6 Å². The van der Waals surface area contributed by atoms with Gasteiger partial charge >= 0.3 is 0 Å². The molecule has 0 N–H and O–H groups in total. The van der Waals surface area contributed by atoms with Crippen LogP contribution in [0.1, 0.15) is 25.7 Å². The summed E-state index contributed by atoms with van der Waals surface area (Å²) in [6.45, 7) is 4.02. The molecular weight excluding hydrogens is 192 g/mol. The van der Waals surface area contributed by atoms with Gasteiger partial charge in [-0.3, -0.25) is 4.79 Å². The summed E-state index contributed by atoms with van der Waals surface area (Å²) in [5, 5.41) is 0. The second kappa shape index (κ2) is 3.40. The summed E-state index contributed by atoms with van der Waals surface area (Å²) in [5.74, 6) is 1.12. The van der Waals surface area contributed by atoms with Crippen molar-refractivity contribution in [1.29, 1.82) is 0 Å². The Bertz CT molecular complexity index is 354. The Hall–Kier alpha value is -1.25. The van der Waals surface area contributed by atoms with Crippen molar-refractivity contribution in [1.82, 2.24) is 0 Å². The fourth-order valence-corrected chi connectivity index (χ4v) is 2.66. The number of ketones is 1. The standard InChI is InChI=1S/C12H16O3/c1-8-5-4-6-12(8)7-9(14-2)10(15-3)11(12)13/h1,4-7H2,2-3H3/t12-/m1/s1. The van der Waals surface area contributed by atoms with Crippen molar-refractivity contribution in [3.8, 4) is 0 Å². The van der Waals surface area contributed by atoms with E-state index in [9.17, 15) is 4.79 Å². The summed E-state index contributed by atoms with van der Waals surface area (Å²) in [4.78, 5) is 12.2. The van der Waals surface area contributed by atoms with Crippen molar-refractivity contribution in [2.75, 3.05) is 14.2 Å². The fourth-order valence-electron chi connectivity index (χ4n) is 2.66.